The van der Waals surface area contributed by atoms with Crippen LogP contribution in [0.2, 0.25) is 0 Å². The van der Waals surface area contributed by atoms with Crippen LogP contribution in [-0.2, 0) is 4.79 Å². The molecule has 4 nitrogen and oxygen atoms in total. The van der Waals surface area contributed by atoms with Gasteiger partial charge in [0.25, 0.3) is 0 Å². The van der Waals surface area contributed by atoms with Crippen LogP contribution in [0, 0.1) is 5.92 Å². The molecule has 0 radical (unpaired) electrons. The molecule has 3 aliphatic rings. The highest BCUT2D eigenvalue weighted by Gasteiger charge is 2.36. The van der Waals surface area contributed by atoms with Gasteiger partial charge >= 0.3 is 0 Å². The highest BCUT2D eigenvalue weighted by molar-refractivity contribution is 5.77. The Hall–Kier alpha value is -0.610. The van der Waals surface area contributed by atoms with Crippen LogP contribution in [-0.4, -0.2) is 47.2 Å². The number of nitrogens with zero attached hydrogens (tertiary/aromatic N) is 1. The summed E-state index contributed by atoms with van der Waals surface area (Å²) in [5.41, 5.74) is 0. The van der Waals surface area contributed by atoms with Gasteiger partial charge in [-0.25, -0.2) is 0 Å². The number of aliphatic hydroxyl groups is 1. The molecular formula is C14H24N2O2. The SMILES string of the molecule is O=C(CC1CC2CCC(C1)N2)N1CCCC1CO. The first-order chi connectivity index (χ1) is 8.76. The topological polar surface area (TPSA) is 52.6 Å². The average molecular weight is 252 g/mol. The molecule has 0 aromatic heterocycles. The van der Waals surface area contributed by atoms with E-state index in [1.807, 2.05) is 4.90 Å². The van der Waals surface area contributed by atoms with Gasteiger partial charge in [-0.15, -0.1) is 0 Å². The van der Waals surface area contributed by atoms with Crippen LogP contribution in [0.25, 0.3) is 0 Å². The molecule has 4 heteroatoms. The molecule has 3 fully saturated rings. The van der Waals surface area contributed by atoms with Crippen molar-refractivity contribution in [2.24, 2.45) is 5.92 Å². The maximum atomic E-state index is 12.3. The molecule has 1 amide bonds. The number of rotatable bonds is 3. The summed E-state index contributed by atoms with van der Waals surface area (Å²) in [5, 5.41) is 12.9. The third kappa shape index (κ3) is 2.41. The van der Waals surface area contributed by atoms with E-state index in [0.717, 1.165) is 19.4 Å². The molecule has 2 N–H and O–H groups in total. The zero-order valence-corrected chi connectivity index (χ0v) is 11.0. The Morgan fingerprint density at radius 1 is 1.22 bits per heavy atom. The molecule has 0 saturated carbocycles. The molecule has 102 valence electrons. The first-order valence-electron chi connectivity index (χ1n) is 7.42. The summed E-state index contributed by atoms with van der Waals surface area (Å²) < 4.78 is 0. The molecule has 3 heterocycles. The maximum Gasteiger partial charge on any atom is 0.223 e. The molecule has 0 aromatic rings. The predicted octanol–water partition coefficient (Wildman–Crippen LogP) is 0.890. The Morgan fingerprint density at radius 2 is 1.94 bits per heavy atom. The fraction of sp³-hybridized carbons (Fsp3) is 0.929. The van der Waals surface area contributed by atoms with E-state index in [1.54, 1.807) is 0 Å². The maximum absolute atomic E-state index is 12.3. The van der Waals surface area contributed by atoms with Gasteiger partial charge in [0.15, 0.2) is 0 Å². The zero-order valence-electron chi connectivity index (χ0n) is 11.0. The van der Waals surface area contributed by atoms with E-state index in [4.69, 9.17) is 0 Å². The van der Waals surface area contributed by atoms with Crippen molar-refractivity contribution < 1.29 is 9.90 Å². The number of aliphatic hydroxyl groups excluding tert-OH is 1. The summed E-state index contributed by atoms with van der Waals surface area (Å²) >= 11 is 0. The molecule has 18 heavy (non-hydrogen) atoms. The molecule has 0 aliphatic carbocycles. The van der Waals surface area contributed by atoms with Crippen LogP contribution in [0.1, 0.15) is 44.9 Å². The fourth-order valence-electron chi connectivity index (χ4n) is 4.06. The summed E-state index contributed by atoms with van der Waals surface area (Å²) in [6.45, 7) is 0.977. The number of carbonyl (C=O) groups excluding carboxylic acids is 1. The van der Waals surface area contributed by atoms with Gasteiger partial charge in [-0.1, -0.05) is 0 Å². The van der Waals surface area contributed by atoms with Crippen molar-refractivity contribution >= 4 is 5.91 Å². The summed E-state index contributed by atoms with van der Waals surface area (Å²) in [5.74, 6) is 0.842. The van der Waals surface area contributed by atoms with Crippen LogP contribution in [0.5, 0.6) is 0 Å². The van der Waals surface area contributed by atoms with Gasteiger partial charge in [0, 0.05) is 25.0 Å². The number of hydrogen-bond acceptors (Lipinski definition) is 3. The van der Waals surface area contributed by atoms with Crippen molar-refractivity contribution in [3.8, 4) is 0 Å². The fourth-order valence-corrected chi connectivity index (χ4v) is 4.06. The molecule has 0 spiro atoms. The smallest absolute Gasteiger partial charge is 0.223 e. The second kappa shape index (κ2) is 5.17. The van der Waals surface area contributed by atoms with Crippen LogP contribution >= 0.6 is 0 Å². The summed E-state index contributed by atoms with van der Waals surface area (Å²) in [4.78, 5) is 14.2. The summed E-state index contributed by atoms with van der Waals surface area (Å²) in [7, 11) is 0. The molecular weight excluding hydrogens is 228 g/mol. The standard InChI is InChI=1S/C14H24N2O2/c17-9-13-2-1-5-16(13)14(18)8-10-6-11-3-4-12(7-10)15-11/h10-13,15,17H,1-9H2. The Morgan fingerprint density at radius 3 is 2.61 bits per heavy atom. The van der Waals surface area contributed by atoms with E-state index in [2.05, 4.69) is 5.32 Å². The van der Waals surface area contributed by atoms with Crippen LogP contribution in [0.4, 0.5) is 0 Å². The Balaban J connectivity index is 1.54. The normalized spacial score (nSPS) is 39.3. The van der Waals surface area contributed by atoms with Gasteiger partial charge in [-0.3, -0.25) is 4.79 Å². The van der Waals surface area contributed by atoms with Gasteiger partial charge < -0.3 is 15.3 Å². The van der Waals surface area contributed by atoms with E-state index in [0.29, 0.717) is 24.4 Å². The largest absolute Gasteiger partial charge is 0.394 e. The van der Waals surface area contributed by atoms with Gasteiger partial charge in [-0.05, 0) is 44.4 Å². The van der Waals surface area contributed by atoms with E-state index in [1.165, 1.54) is 25.7 Å². The molecule has 0 aromatic carbocycles. The quantitative estimate of drug-likeness (QED) is 0.784. The minimum Gasteiger partial charge on any atom is -0.394 e. The van der Waals surface area contributed by atoms with E-state index < -0.39 is 0 Å². The number of fused-ring (bicyclic) bond motifs is 2. The highest BCUT2D eigenvalue weighted by Crippen LogP contribution is 2.33. The van der Waals surface area contributed by atoms with E-state index in [-0.39, 0.29) is 18.6 Å². The van der Waals surface area contributed by atoms with Crippen molar-refractivity contribution in [3.63, 3.8) is 0 Å². The van der Waals surface area contributed by atoms with Crippen molar-refractivity contribution in [1.82, 2.24) is 10.2 Å². The van der Waals surface area contributed by atoms with Crippen LogP contribution in [0.15, 0.2) is 0 Å². The van der Waals surface area contributed by atoms with E-state index >= 15 is 0 Å². The van der Waals surface area contributed by atoms with Crippen molar-refractivity contribution in [1.29, 1.82) is 0 Å². The molecule has 2 bridgehead atoms. The third-order valence-electron chi connectivity index (χ3n) is 4.94. The van der Waals surface area contributed by atoms with Crippen LogP contribution in [0.3, 0.4) is 0 Å². The predicted molar refractivity (Wildman–Crippen MR) is 69.1 cm³/mol. The lowest BCUT2D eigenvalue weighted by Gasteiger charge is -2.31. The van der Waals surface area contributed by atoms with Crippen molar-refractivity contribution in [2.75, 3.05) is 13.2 Å². The average Bonchev–Trinajstić information content (AvgIpc) is 2.95. The molecule has 3 saturated heterocycles. The minimum absolute atomic E-state index is 0.0935. The van der Waals surface area contributed by atoms with Gasteiger partial charge in [0.1, 0.15) is 0 Å². The molecule has 3 atom stereocenters. The number of hydrogen-bond donors (Lipinski definition) is 2. The first-order valence-corrected chi connectivity index (χ1v) is 7.42. The number of carbonyl (C=O) groups is 1. The lowest BCUT2D eigenvalue weighted by atomic mass is 9.89. The number of nitrogens with one attached hydrogen (secondary N) is 1. The van der Waals surface area contributed by atoms with Crippen molar-refractivity contribution in [2.45, 2.75) is 63.1 Å². The van der Waals surface area contributed by atoms with Gasteiger partial charge in [-0.2, -0.15) is 0 Å². The Labute approximate surface area is 109 Å². The first kappa shape index (κ1) is 12.4. The molecule has 3 rings (SSSR count). The highest BCUT2D eigenvalue weighted by atomic mass is 16.3. The Kier molecular flexibility index (Phi) is 3.57. The van der Waals surface area contributed by atoms with E-state index in [9.17, 15) is 9.90 Å². The van der Waals surface area contributed by atoms with Gasteiger partial charge in [0.05, 0.1) is 12.6 Å². The zero-order chi connectivity index (χ0) is 12.5. The lowest BCUT2D eigenvalue weighted by molar-refractivity contribution is -0.134. The number of piperidine rings is 1. The summed E-state index contributed by atoms with van der Waals surface area (Å²) in [6.07, 6.45) is 7.63. The monoisotopic (exact) mass is 252 g/mol. The van der Waals surface area contributed by atoms with Crippen molar-refractivity contribution in [3.05, 3.63) is 0 Å². The van der Waals surface area contributed by atoms with Gasteiger partial charge in [0.2, 0.25) is 5.91 Å². The second-order valence-electron chi connectivity index (χ2n) is 6.25. The molecule has 3 aliphatic heterocycles. The Bertz CT molecular complexity index is 309. The summed E-state index contributed by atoms with van der Waals surface area (Å²) in [6, 6.07) is 1.42. The lowest BCUT2D eigenvalue weighted by Crippen LogP contribution is -2.42. The number of amides is 1. The minimum atomic E-state index is 0.0935. The number of likely N-dealkylation sites (tertiary alicyclic amines) is 1. The van der Waals surface area contributed by atoms with Crippen LogP contribution < -0.4 is 5.32 Å². The second-order valence-corrected chi connectivity index (χ2v) is 6.25. The molecule has 3 unspecified atom stereocenters. The third-order valence-corrected chi connectivity index (χ3v) is 4.94.